The Morgan fingerprint density at radius 3 is 3.00 bits per heavy atom. The van der Waals surface area contributed by atoms with Crippen LogP contribution in [0.2, 0.25) is 0 Å². The van der Waals surface area contributed by atoms with E-state index in [0.717, 1.165) is 6.42 Å². The first-order valence-electron chi connectivity index (χ1n) is 7.05. The predicted molar refractivity (Wildman–Crippen MR) is 80.4 cm³/mol. The monoisotopic (exact) mass is 303 g/mol. The van der Waals surface area contributed by atoms with Gasteiger partial charge in [-0.1, -0.05) is 6.92 Å². The number of fused-ring (bicyclic) bond motifs is 1. The molecule has 2 aromatic rings. The van der Waals surface area contributed by atoms with Gasteiger partial charge in [0.05, 0.1) is 10.4 Å². The van der Waals surface area contributed by atoms with Gasteiger partial charge in [0.15, 0.2) is 5.69 Å². The summed E-state index contributed by atoms with van der Waals surface area (Å²) in [4.78, 5) is 24.8. The lowest BCUT2D eigenvalue weighted by molar-refractivity contribution is -0.384. The van der Waals surface area contributed by atoms with Crippen molar-refractivity contribution in [3.8, 4) is 0 Å². The molecule has 0 aliphatic carbocycles. The molecule has 2 heterocycles. The second kappa shape index (κ2) is 5.06. The van der Waals surface area contributed by atoms with Crippen LogP contribution >= 0.6 is 0 Å². The maximum atomic E-state index is 12.6. The summed E-state index contributed by atoms with van der Waals surface area (Å²) in [6.07, 6.45) is 0.845. The average Bonchev–Trinajstić information content (AvgIpc) is 3.10. The number of amides is 1. The first kappa shape index (κ1) is 14.5. The van der Waals surface area contributed by atoms with Gasteiger partial charge in [0, 0.05) is 30.6 Å². The summed E-state index contributed by atoms with van der Waals surface area (Å²) in [5, 5.41) is 18.2. The fourth-order valence-corrected chi connectivity index (χ4v) is 2.79. The number of rotatable bonds is 3. The van der Waals surface area contributed by atoms with E-state index in [4.69, 9.17) is 5.73 Å². The topological polar surface area (TPSA) is 118 Å². The minimum absolute atomic E-state index is 0.0591. The zero-order chi connectivity index (χ0) is 15.9. The molecule has 0 spiro atoms. The molecule has 1 atom stereocenters. The molecule has 1 saturated heterocycles. The number of aromatic nitrogens is 2. The summed E-state index contributed by atoms with van der Waals surface area (Å²) in [7, 11) is 0. The fraction of sp³-hybridized carbons (Fsp3) is 0.429. The van der Waals surface area contributed by atoms with Crippen molar-refractivity contribution in [2.24, 2.45) is 11.1 Å². The van der Waals surface area contributed by atoms with Crippen molar-refractivity contribution in [2.45, 2.75) is 13.3 Å². The van der Waals surface area contributed by atoms with Gasteiger partial charge in [0.1, 0.15) is 0 Å². The van der Waals surface area contributed by atoms with E-state index in [2.05, 4.69) is 10.2 Å². The molecule has 8 heteroatoms. The predicted octanol–water partition coefficient (Wildman–Crippen LogP) is 1.28. The Bertz CT molecular complexity index is 756. The molecule has 1 aliphatic rings. The van der Waals surface area contributed by atoms with Gasteiger partial charge < -0.3 is 10.6 Å². The second-order valence-electron chi connectivity index (χ2n) is 6.05. The van der Waals surface area contributed by atoms with Gasteiger partial charge in [-0.3, -0.25) is 20.0 Å². The summed E-state index contributed by atoms with van der Waals surface area (Å²) in [6.45, 7) is 3.76. The number of nitrogens with zero attached hydrogens (tertiary/aromatic N) is 3. The molecule has 0 saturated carbocycles. The number of nitrogens with two attached hydrogens (primary N) is 1. The third kappa shape index (κ3) is 2.31. The third-order valence-corrected chi connectivity index (χ3v) is 4.30. The molecule has 0 unspecified atom stereocenters. The van der Waals surface area contributed by atoms with Crippen LogP contribution in [-0.4, -0.2) is 45.6 Å². The van der Waals surface area contributed by atoms with Crippen LogP contribution in [0.4, 0.5) is 5.69 Å². The number of benzene rings is 1. The quantitative estimate of drug-likeness (QED) is 0.654. The van der Waals surface area contributed by atoms with Crippen LogP contribution in [0.25, 0.3) is 10.9 Å². The molecule has 3 N–H and O–H groups in total. The number of nitro benzene ring substituents is 1. The number of hydrogen-bond donors (Lipinski definition) is 2. The Labute approximate surface area is 126 Å². The van der Waals surface area contributed by atoms with E-state index in [0.29, 0.717) is 30.5 Å². The number of non-ortho nitro benzene ring substituents is 1. The maximum absolute atomic E-state index is 12.6. The maximum Gasteiger partial charge on any atom is 0.275 e. The summed E-state index contributed by atoms with van der Waals surface area (Å²) in [5.74, 6) is -0.219. The molecule has 116 valence electrons. The number of hydrogen-bond acceptors (Lipinski definition) is 5. The highest BCUT2D eigenvalue weighted by Gasteiger charge is 2.36. The van der Waals surface area contributed by atoms with Crippen LogP contribution in [0.5, 0.6) is 0 Å². The third-order valence-electron chi connectivity index (χ3n) is 4.30. The van der Waals surface area contributed by atoms with Crippen molar-refractivity contribution in [1.82, 2.24) is 15.1 Å². The molecule has 22 heavy (non-hydrogen) atoms. The van der Waals surface area contributed by atoms with Crippen molar-refractivity contribution in [2.75, 3.05) is 19.6 Å². The summed E-state index contributed by atoms with van der Waals surface area (Å²) >= 11 is 0. The number of nitro groups is 1. The molecule has 1 amide bonds. The average molecular weight is 303 g/mol. The lowest BCUT2D eigenvalue weighted by atomic mass is 9.90. The number of carbonyl (C=O) groups excluding carboxylic acids is 1. The lowest BCUT2D eigenvalue weighted by Gasteiger charge is -2.22. The van der Waals surface area contributed by atoms with Crippen LogP contribution in [0.1, 0.15) is 23.8 Å². The van der Waals surface area contributed by atoms with E-state index in [1.54, 1.807) is 11.0 Å². The zero-order valence-corrected chi connectivity index (χ0v) is 12.2. The molecule has 0 radical (unpaired) electrons. The van der Waals surface area contributed by atoms with Crippen LogP contribution < -0.4 is 5.73 Å². The highest BCUT2D eigenvalue weighted by atomic mass is 16.6. The number of carbonyl (C=O) groups is 1. The zero-order valence-electron chi connectivity index (χ0n) is 12.2. The minimum Gasteiger partial charge on any atom is -0.337 e. The van der Waals surface area contributed by atoms with Gasteiger partial charge >= 0.3 is 0 Å². The Balaban J connectivity index is 1.95. The molecule has 0 bridgehead atoms. The van der Waals surface area contributed by atoms with Crippen molar-refractivity contribution in [1.29, 1.82) is 0 Å². The van der Waals surface area contributed by atoms with Gasteiger partial charge in [-0.05, 0) is 24.4 Å². The number of aromatic amines is 1. The van der Waals surface area contributed by atoms with Crippen molar-refractivity contribution in [3.63, 3.8) is 0 Å². The molecular formula is C14H17N5O3. The normalized spacial score (nSPS) is 21.5. The van der Waals surface area contributed by atoms with Gasteiger partial charge in [-0.25, -0.2) is 0 Å². The van der Waals surface area contributed by atoms with Gasteiger partial charge in [0.25, 0.3) is 11.6 Å². The van der Waals surface area contributed by atoms with E-state index in [1.165, 1.54) is 12.1 Å². The summed E-state index contributed by atoms with van der Waals surface area (Å²) in [6, 6.07) is 4.33. The largest absolute Gasteiger partial charge is 0.337 e. The number of nitrogens with one attached hydrogen (secondary N) is 1. The first-order chi connectivity index (χ1) is 10.4. The Morgan fingerprint density at radius 1 is 1.59 bits per heavy atom. The van der Waals surface area contributed by atoms with E-state index in [-0.39, 0.29) is 22.7 Å². The Hall–Kier alpha value is -2.48. The Kier molecular flexibility index (Phi) is 3.32. The lowest BCUT2D eigenvalue weighted by Crippen LogP contribution is -2.34. The van der Waals surface area contributed by atoms with E-state index >= 15 is 0 Å². The minimum atomic E-state index is -0.484. The van der Waals surface area contributed by atoms with Crippen LogP contribution in [0.3, 0.4) is 0 Å². The smallest absolute Gasteiger partial charge is 0.275 e. The van der Waals surface area contributed by atoms with Crippen LogP contribution in [-0.2, 0) is 0 Å². The molecule has 8 nitrogen and oxygen atoms in total. The van der Waals surface area contributed by atoms with Crippen LogP contribution in [0, 0.1) is 15.5 Å². The highest BCUT2D eigenvalue weighted by molar-refractivity contribution is 6.05. The second-order valence-corrected chi connectivity index (χ2v) is 6.05. The summed E-state index contributed by atoms with van der Waals surface area (Å²) < 4.78 is 0. The SMILES string of the molecule is C[C@]1(CN)CCN(C(=O)c2n[nH]c3ccc([N+](=O)[O-])cc23)C1. The molecule has 1 aromatic carbocycles. The fourth-order valence-electron chi connectivity index (χ4n) is 2.79. The molecule has 3 rings (SSSR count). The molecule has 1 aromatic heterocycles. The van der Waals surface area contributed by atoms with E-state index in [9.17, 15) is 14.9 Å². The number of H-pyrrole nitrogens is 1. The van der Waals surface area contributed by atoms with Gasteiger partial charge in [0.2, 0.25) is 0 Å². The number of likely N-dealkylation sites (tertiary alicyclic amines) is 1. The van der Waals surface area contributed by atoms with E-state index in [1.807, 2.05) is 6.92 Å². The van der Waals surface area contributed by atoms with E-state index < -0.39 is 4.92 Å². The van der Waals surface area contributed by atoms with Crippen molar-refractivity contribution < 1.29 is 9.72 Å². The van der Waals surface area contributed by atoms with Gasteiger partial charge in [-0.2, -0.15) is 5.10 Å². The first-order valence-corrected chi connectivity index (χ1v) is 7.05. The molecule has 1 fully saturated rings. The summed E-state index contributed by atoms with van der Waals surface area (Å²) in [5.41, 5.74) is 6.45. The molecular weight excluding hydrogens is 286 g/mol. The Morgan fingerprint density at radius 2 is 2.36 bits per heavy atom. The highest BCUT2D eigenvalue weighted by Crippen LogP contribution is 2.30. The van der Waals surface area contributed by atoms with Crippen molar-refractivity contribution in [3.05, 3.63) is 34.0 Å². The standard InChI is InChI=1S/C14H17N5O3/c1-14(7-15)4-5-18(8-14)13(20)12-10-6-9(19(21)22)2-3-11(10)16-17-12/h2-3,6H,4-5,7-8,15H2,1H3,(H,16,17)/t14-/m1/s1. The van der Waals surface area contributed by atoms with Crippen LogP contribution in [0.15, 0.2) is 18.2 Å². The van der Waals surface area contributed by atoms with Crippen molar-refractivity contribution >= 4 is 22.5 Å². The van der Waals surface area contributed by atoms with Gasteiger partial charge in [-0.15, -0.1) is 0 Å². The molecule has 1 aliphatic heterocycles.